The molecule has 16 heavy (non-hydrogen) atoms. The molecule has 0 saturated carbocycles. The molecule has 1 aromatic rings. The van der Waals surface area contributed by atoms with Gasteiger partial charge in [-0.1, -0.05) is 0 Å². The average Bonchev–Trinajstić information content (AvgIpc) is 2.72. The van der Waals surface area contributed by atoms with E-state index in [0.717, 1.165) is 37.6 Å². The van der Waals surface area contributed by atoms with Gasteiger partial charge in [0, 0.05) is 24.9 Å². The molecule has 1 fully saturated rings. The Kier molecular flexibility index (Phi) is 5.64. The Balaban J connectivity index is 0.000000160. The molecule has 92 valence electrons. The van der Waals surface area contributed by atoms with Crippen molar-refractivity contribution < 1.29 is 4.43 Å². The van der Waals surface area contributed by atoms with E-state index in [9.17, 15) is 0 Å². The first kappa shape index (κ1) is 13.3. The van der Waals surface area contributed by atoms with Crippen LogP contribution < -0.4 is 16.5 Å². The number of aromatic nitrogens is 2. The van der Waals surface area contributed by atoms with Crippen LogP contribution in [-0.4, -0.2) is 31.8 Å². The van der Waals surface area contributed by atoms with E-state index in [1.165, 1.54) is 0 Å². The maximum absolute atomic E-state index is 5.57. The summed E-state index contributed by atoms with van der Waals surface area (Å²) in [5.74, 6) is 0. The molecule has 0 radical (unpaired) electrons. The number of aromatic amines is 1. The van der Waals surface area contributed by atoms with Crippen molar-refractivity contribution in [2.24, 2.45) is 16.5 Å². The number of nitrogens with one attached hydrogen (secondary N) is 1. The van der Waals surface area contributed by atoms with Crippen LogP contribution in [0.3, 0.4) is 0 Å². The molecular weight excluding hydrogens is 222 g/mol. The summed E-state index contributed by atoms with van der Waals surface area (Å²) >= 11 is 0. The van der Waals surface area contributed by atoms with E-state index in [1.807, 2.05) is 0 Å². The molecule has 1 aromatic heterocycles. The summed E-state index contributed by atoms with van der Waals surface area (Å²) < 4.78 is 5.16. The molecule has 1 aliphatic heterocycles. The molecule has 2 heterocycles. The van der Waals surface area contributed by atoms with Crippen LogP contribution in [0.25, 0.3) is 0 Å². The molecule has 0 aromatic carbocycles. The number of H-pyrrole nitrogens is 1. The number of hydrogen-bond acceptors (Lipinski definition) is 5. The van der Waals surface area contributed by atoms with Crippen LogP contribution in [0.4, 0.5) is 0 Å². The Morgan fingerprint density at radius 3 is 2.62 bits per heavy atom. The average molecular weight is 243 g/mol. The fourth-order valence-electron chi connectivity index (χ4n) is 1.41. The predicted octanol–water partition coefficient (Wildman–Crippen LogP) is -0.436. The van der Waals surface area contributed by atoms with Crippen LogP contribution in [0.15, 0.2) is 12.5 Å². The van der Waals surface area contributed by atoms with Gasteiger partial charge in [-0.05, 0) is 25.4 Å². The van der Waals surface area contributed by atoms with Crippen LogP contribution in [0, 0.1) is 0 Å². The molecule has 1 saturated heterocycles. The lowest BCUT2D eigenvalue weighted by atomic mass is 10.3. The summed E-state index contributed by atoms with van der Waals surface area (Å²) in [6.07, 6.45) is 6.61. The quantitative estimate of drug-likeness (QED) is 0.526. The number of imidazole rings is 1. The molecule has 6 nitrogen and oxygen atoms in total. The Hall–Kier alpha value is -0.733. The molecule has 0 amide bonds. The van der Waals surface area contributed by atoms with Crippen molar-refractivity contribution in [2.45, 2.75) is 25.3 Å². The van der Waals surface area contributed by atoms with E-state index >= 15 is 0 Å². The minimum atomic E-state index is -2.09. The third-order valence-electron chi connectivity index (χ3n) is 2.30. The zero-order valence-electron chi connectivity index (χ0n) is 9.48. The van der Waals surface area contributed by atoms with Gasteiger partial charge in [-0.2, -0.15) is 0 Å². The second-order valence-electron chi connectivity index (χ2n) is 3.88. The highest BCUT2D eigenvalue weighted by Gasteiger charge is 2.27. The van der Waals surface area contributed by atoms with Crippen molar-refractivity contribution in [3.05, 3.63) is 18.2 Å². The molecule has 1 aliphatic rings. The van der Waals surface area contributed by atoms with Gasteiger partial charge in [-0.25, -0.2) is 4.98 Å². The van der Waals surface area contributed by atoms with Crippen LogP contribution in [0.1, 0.15) is 18.5 Å². The van der Waals surface area contributed by atoms with Crippen molar-refractivity contribution in [2.75, 3.05) is 13.2 Å². The Morgan fingerprint density at radius 2 is 2.25 bits per heavy atom. The SMILES string of the molecule is NCCc1cnc[nH]1.N[Si]1(N)CCCCO1. The fraction of sp³-hybridized carbons (Fsp3) is 0.667. The van der Waals surface area contributed by atoms with Gasteiger partial charge in [0.1, 0.15) is 0 Å². The largest absolute Gasteiger partial charge is 0.392 e. The molecule has 0 spiro atoms. The van der Waals surface area contributed by atoms with Gasteiger partial charge in [0.2, 0.25) is 0 Å². The predicted molar refractivity (Wildman–Crippen MR) is 65.5 cm³/mol. The maximum atomic E-state index is 5.57. The van der Waals surface area contributed by atoms with Crippen molar-refractivity contribution >= 4 is 8.64 Å². The first-order valence-electron chi connectivity index (χ1n) is 5.53. The van der Waals surface area contributed by atoms with E-state index in [1.54, 1.807) is 12.5 Å². The van der Waals surface area contributed by atoms with Crippen LogP contribution in [0.5, 0.6) is 0 Å². The zero-order valence-corrected chi connectivity index (χ0v) is 10.5. The van der Waals surface area contributed by atoms with E-state index in [4.69, 9.17) is 21.0 Å². The summed E-state index contributed by atoms with van der Waals surface area (Å²) in [5.41, 5.74) is 6.38. The van der Waals surface area contributed by atoms with Crippen molar-refractivity contribution in [1.82, 2.24) is 9.97 Å². The molecular formula is C9H21N5OSi. The highest BCUT2D eigenvalue weighted by Crippen LogP contribution is 2.11. The van der Waals surface area contributed by atoms with E-state index < -0.39 is 8.64 Å². The van der Waals surface area contributed by atoms with Crippen molar-refractivity contribution in [1.29, 1.82) is 0 Å². The topological polar surface area (TPSA) is 116 Å². The monoisotopic (exact) mass is 243 g/mol. The number of hydrogen-bond donors (Lipinski definition) is 4. The molecule has 2 rings (SSSR count). The zero-order chi connectivity index (χ0) is 11.9. The smallest absolute Gasteiger partial charge is 0.346 e. The van der Waals surface area contributed by atoms with Gasteiger partial charge < -0.3 is 25.9 Å². The summed E-state index contributed by atoms with van der Waals surface area (Å²) in [6.45, 7) is 1.46. The van der Waals surface area contributed by atoms with Crippen molar-refractivity contribution in [3.63, 3.8) is 0 Å². The molecule has 0 aliphatic carbocycles. The normalized spacial score (nSPS) is 18.7. The highest BCUT2D eigenvalue weighted by atomic mass is 28.4. The third-order valence-corrected chi connectivity index (χ3v) is 4.18. The van der Waals surface area contributed by atoms with Crippen LogP contribution >= 0.6 is 0 Å². The molecule has 7 heteroatoms. The maximum Gasteiger partial charge on any atom is 0.346 e. The second kappa shape index (κ2) is 6.76. The van der Waals surface area contributed by atoms with E-state index in [2.05, 4.69) is 9.97 Å². The molecule has 7 N–H and O–H groups in total. The molecule has 0 atom stereocenters. The molecule has 0 unspecified atom stereocenters. The summed E-state index contributed by atoms with van der Waals surface area (Å²) in [7, 11) is -2.09. The lowest BCUT2D eigenvalue weighted by molar-refractivity contribution is 0.267. The fourth-order valence-corrected chi connectivity index (χ4v) is 2.89. The van der Waals surface area contributed by atoms with Gasteiger partial charge in [0.15, 0.2) is 0 Å². The molecule has 0 bridgehead atoms. The lowest BCUT2D eigenvalue weighted by Gasteiger charge is -2.25. The number of nitrogens with two attached hydrogens (primary N) is 3. The summed E-state index contributed by atoms with van der Waals surface area (Å²) in [5, 5.41) is 11.1. The number of rotatable bonds is 2. The van der Waals surface area contributed by atoms with Gasteiger partial charge in [-0.15, -0.1) is 0 Å². The van der Waals surface area contributed by atoms with Crippen LogP contribution in [-0.2, 0) is 10.8 Å². The minimum Gasteiger partial charge on any atom is -0.392 e. The summed E-state index contributed by atoms with van der Waals surface area (Å²) in [6, 6.07) is 0.924. The van der Waals surface area contributed by atoms with Gasteiger partial charge in [0.05, 0.1) is 6.33 Å². The Morgan fingerprint density at radius 1 is 1.44 bits per heavy atom. The van der Waals surface area contributed by atoms with E-state index in [0.29, 0.717) is 6.54 Å². The minimum absolute atomic E-state index is 0.683. The van der Waals surface area contributed by atoms with Crippen LogP contribution in [0.2, 0.25) is 6.04 Å². The first-order chi connectivity index (χ1) is 7.64. The number of nitrogens with zero attached hydrogens (tertiary/aromatic N) is 1. The van der Waals surface area contributed by atoms with Crippen molar-refractivity contribution in [3.8, 4) is 0 Å². The third kappa shape index (κ3) is 5.38. The Bertz CT molecular complexity index is 269. The van der Waals surface area contributed by atoms with E-state index in [-0.39, 0.29) is 0 Å². The van der Waals surface area contributed by atoms with Gasteiger partial charge in [-0.3, -0.25) is 0 Å². The van der Waals surface area contributed by atoms with Gasteiger partial charge >= 0.3 is 8.64 Å². The Labute approximate surface area is 96.8 Å². The standard InChI is InChI=1S/C5H9N3.C4H12N2OSi/c6-2-1-5-3-7-4-8-5;5-8(6)4-2-1-3-7-8/h3-4H,1-2,6H2,(H,7,8);1-6H2. The lowest BCUT2D eigenvalue weighted by Crippen LogP contribution is -2.60. The second-order valence-corrected chi connectivity index (χ2v) is 6.57. The highest BCUT2D eigenvalue weighted by molar-refractivity contribution is 6.67. The summed E-state index contributed by atoms with van der Waals surface area (Å²) in [4.78, 5) is 6.78. The van der Waals surface area contributed by atoms with Gasteiger partial charge in [0.25, 0.3) is 0 Å². The first-order valence-corrected chi connectivity index (χ1v) is 7.80.